The van der Waals surface area contributed by atoms with Crippen LogP contribution in [0.3, 0.4) is 0 Å². The van der Waals surface area contributed by atoms with Crippen molar-refractivity contribution >= 4 is 0 Å². The van der Waals surface area contributed by atoms with E-state index in [1.54, 1.807) is 0 Å². The van der Waals surface area contributed by atoms with Crippen LogP contribution in [-0.4, -0.2) is 17.1 Å². The maximum absolute atomic E-state index is 12.7. The van der Waals surface area contributed by atoms with Gasteiger partial charge < -0.3 is 4.74 Å². The summed E-state index contributed by atoms with van der Waals surface area (Å²) in [4.78, 5) is 6.92. The molecule has 0 aliphatic heterocycles. The van der Waals surface area contributed by atoms with Gasteiger partial charge in [0.15, 0.2) is 0 Å². The first-order chi connectivity index (χ1) is 4.75. The summed E-state index contributed by atoms with van der Waals surface area (Å²) < 4.78 is 17.3. The summed E-state index contributed by atoms with van der Waals surface area (Å²) in [7, 11) is 1.35. The van der Waals surface area contributed by atoms with E-state index in [4.69, 9.17) is 0 Å². The molecule has 10 heavy (non-hydrogen) atoms. The first-order valence-corrected chi connectivity index (χ1v) is 2.70. The van der Waals surface area contributed by atoms with Gasteiger partial charge in [-0.25, -0.2) is 4.98 Å². The molecule has 0 bridgehead atoms. The third kappa shape index (κ3) is 1.05. The van der Waals surface area contributed by atoms with Crippen molar-refractivity contribution in [3.8, 4) is 5.88 Å². The molecule has 0 atom stereocenters. The first-order valence-electron chi connectivity index (χ1n) is 2.70. The second-order valence-electron chi connectivity index (χ2n) is 1.73. The van der Waals surface area contributed by atoms with Gasteiger partial charge in [0.2, 0.25) is 12.1 Å². The van der Waals surface area contributed by atoms with Crippen molar-refractivity contribution < 1.29 is 9.13 Å². The van der Waals surface area contributed by atoms with E-state index in [1.807, 2.05) is 0 Å². The zero-order chi connectivity index (χ0) is 7.56. The van der Waals surface area contributed by atoms with Crippen molar-refractivity contribution in [2.45, 2.75) is 6.92 Å². The maximum Gasteiger partial charge on any atom is 0.254 e. The lowest BCUT2D eigenvalue weighted by Gasteiger charge is -1.98. The van der Waals surface area contributed by atoms with E-state index in [2.05, 4.69) is 21.0 Å². The minimum absolute atomic E-state index is 0.0625. The molecule has 0 aromatic carbocycles. The number of aryl methyl sites for hydroxylation is 1. The fourth-order valence-corrected chi connectivity index (χ4v) is 0.534. The summed E-state index contributed by atoms with van der Waals surface area (Å²) in [6.45, 7) is 1.52. The predicted molar refractivity (Wildman–Crippen MR) is 32.1 cm³/mol. The molecule has 0 aliphatic carbocycles. The van der Waals surface area contributed by atoms with Gasteiger partial charge in [0.25, 0.3) is 5.88 Å². The molecular weight excluding hydrogens is 135 g/mol. The zero-order valence-corrected chi connectivity index (χ0v) is 5.68. The quantitative estimate of drug-likeness (QED) is 0.578. The number of hydrogen-bond acceptors (Lipinski definition) is 3. The third-order valence-corrected chi connectivity index (χ3v) is 1.07. The van der Waals surface area contributed by atoms with Crippen LogP contribution in [0.15, 0.2) is 0 Å². The number of methoxy groups -OCH3 is 1. The summed E-state index contributed by atoms with van der Waals surface area (Å²) in [6.07, 6.45) is 2.26. The number of nitrogens with zero attached hydrogens (tertiary/aromatic N) is 2. The van der Waals surface area contributed by atoms with Crippen LogP contribution in [0.5, 0.6) is 5.88 Å². The normalized spacial score (nSPS) is 9.50. The molecule has 1 radical (unpaired) electrons. The Morgan fingerprint density at radius 1 is 1.50 bits per heavy atom. The second-order valence-corrected chi connectivity index (χ2v) is 1.73. The Hall–Kier alpha value is -1.19. The predicted octanol–water partition coefficient (Wildman–Crippen LogP) is 0.733. The van der Waals surface area contributed by atoms with E-state index in [1.165, 1.54) is 14.0 Å². The van der Waals surface area contributed by atoms with E-state index in [-0.39, 0.29) is 11.6 Å². The molecule has 0 saturated carbocycles. The van der Waals surface area contributed by atoms with Gasteiger partial charge >= 0.3 is 0 Å². The first kappa shape index (κ1) is 6.92. The lowest BCUT2D eigenvalue weighted by Crippen LogP contribution is -1.96. The standard InChI is InChI=1S/C6H6FN2O/c1-4-5(7)6(10-2)9-3-8-4/h1-2H3. The van der Waals surface area contributed by atoms with Crippen LogP contribution in [0.25, 0.3) is 0 Å². The SMILES string of the molecule is COc1n[c]nc(C)c1F. The molecule has 0 amide bonds. The number of rotatable bonds is 1. The summed E-state index contributed by atoms with van der Waals surface area (Å²) in [5, 5.41) is 0. The molecule has 0 aliphatic rings. The summed E-state index contributed by atoms with van der Waals surface area (Å²) in [6, 6.07) is 0. The highest BCUT2D eigenvalue weighted by Crippen LogP contribution is 2.12. The second kappa shape index (κ2) is 2.60. The lowest BCUT2D eigenvalue weighted by atomic mass is 10.4. The van der Waals surface area contributed by atoms with Gasteiger partial charge in [0.1, 0.15) is 0 Å². The Balaban J connectivity index is 3.14. The molecule has 1 aromatic heterocycles. The van der Waals surface area contributed by atoms with E-state index < -0.39 is 5.82 Å². The highest BCUT2D eigenvalue weighted by molar-refractivity contribution is 5.14. The molecule has 53 valence electrons. The van der Waals surface area contributed by atoms with Crippen molar-refractivity contribution in [1.82, 2.24) is 9.97 Å². The molecular formula is C6H6FN2O. The Bertz CT molecular complexity index is 239. The number of aromatic nitrogens is 2. The molecule has 3 nitrogen and oxygen atoms in total. The minimum Gasteiger partial charge on any atom is -0.479 e. The Morgan fingerprint density at radius 3 is 2.70 bits per heavy atom. The van der Waals surface area contributed by atoms with Crippen LogP contribution in [0.2, 0.25) is 0 Å². The van der Waals surface area contributed by atoms with Crippen molar-refractivity contribution in [3.63, 3.8) is 0 Å². The van der Waals surface area contributed by atoms with E-state index in [0.29, 0.717) is 0 Å². The van der Waals surface area contributed by atoms with Gasteiger partial charge in [0.05, 0.1) is 12.8 Å². The van der Waals surface area contributed by atoms with Crippen LogP contribution >= 0.6 is 0 Å². The monoisotopic (exact) mass is 141 g/mol. The Labute approximate surface area is 57.9 Å². The van der Waals surface area contributed by atoms with Gasteiger partial charge in [-0.05, 0) is 6.92 Å². The minimum atomic E-state index is -0.527. The third-order valence-electron chi connectivity index (χ3n) is 1.07. The fourth-order valence-electron chi connectivity index (χ4n) is 0.534. The number of halogens is 1. The highest BCUT2D eigenvalue weighted by Gasteiger charge is 2.06. The summed E-state index contributed by atoms with van der Waals surface area (Å²) >= 11 is 0. The van der Waals surface area contributed by atoms with Crippen LogP contribution < -0.4 is 4.74 Å². The van der Waals surface area contributed by atoms with Gasteiger partial charge in [0, 0.05) is 0 Å². The smallest absolute Gasteiger partial charge is 0.254 e. The highest BCUT2D eigenvalue weighted by atomic mass is 19.1. The molecule has 4 heteroatoms. The maximum atomic E-state index is 12.7. The molecule has 0 fully saturated rings. The zero-order valence-electron chi connectivity index (χ0n) is 5.68. The number of hydrogen-bond donors (Lipinski definition) is 0. The van der Waals surface area contributed by atoms with Gasteiger partial charge in [-0.3, -0.25) is 0 Å². The van der Waals surface area contributed by atoms with Crippen LogP contribution in [0, 0.1) is 19.1 Å². The molecule has 0 unspecified atom stereocenters. The number of ether oxygens (including phenoxy) is 1. The summed E-state index contributed by atoms with van der Waals surface area (Å²) in [5.74, 6) is -0.589. The van der Waals surface area contributed by atoms with Crippen molar-refractivity contribution in [3.05, 3.63) is 17.8 Å². The molecule has 0 spiro atoms. The summed E-state index contributed by atoms with van der Waals surface area (Å²) in [5.41, 5.74) is 0.242. The molecule has 0 saturated heterocycles. The van der Waals surface area contributed by atoms with Crippen LogP contribution in [0.4, 0.5) is 4.39 Å². The molecule has 1 heterocycles. The average molecular weight is 141 g/mol. The van der Waals surface area contributed by atoms with Gasteiger partial charge in [-0.2, -0.15) is 9.37 Å². The molecule has 0 N–H and O–H groups in total. The van der Waals surface area contributed by atoms with Crippen molar-refractivity contribution in [2.24, 2.45) is 0 Å². The molecule has 1 rings (SSSR count). The Morgan fingerprint density at radius 2 is 2.20 bits per heavy atom. The van der Waals surface area contributed by atoms with Crippen LogP contribution in [0.1, 0.15) is 5.69 Å². The van der Waals surface area contributed by atoms with Crippen molar-refractivity contribution in [1.29, 1.82) is 0 Å². The lowest BCUT2D eigenvalue weighted by molar-refractivity contribution is 0.364. The molecule has 1 aromatic rings. The average Bonchev–Trinajstić information content (AvgIpc) is 1.95. The Kier molecular flexibility index (Phi) is 1.80. The van der Waals surface area contributed by atoms with Gasteiger partial charge in [-0.15, -0.1) is 0 Å². The van der Waals surface area contributed by atoms with Crippen molar-refractivity contribution in [2.75, 3.05) is 7.11 Å². The van der Waals surface area contributed by atoms with E-state index >= 15 is 0 Å². The van der Waals surface area contributed by atoms with E-state index in [0.717, 1.165) is 0 Å². The van der Waals surface area contributed by atoms with Gasteiger partial charge in [-0.1, -0.05) is 0 Å². The fraction of sp³-hybridized carbons (Fsp3) is 0.333. The topological polar surface area (TPSA) is 35.0 Å². The van der Waals surface area contributed by atoms with E-state index in [9.17, 15) is 4.39 Å². The van der Waals surface area contributed by atoms with Crippen LogP contribution in [-0.2, 0) is 0 Å². The largest absolute Gasteiger partial charge is 0.479 e.